The highest BCUT2D eigenvalue weighted by atomic mass is 35.5. The van der Waals surface area contributed by atoms with Crippen molar-refractivity contribution in [3.05, 3.63) is 58.6 Å². The zero-order valence-electron chi connectivity index (χ0n) is 14.8. The molecule has 134 valence electrons. The maximum atomic E-state index is 11.3. The quantitative estimate of drug-likeness (QED) is 0.692. The van der Waals surface area contributed by atoms with Crippen LogP contribution in [0.2, 0.25) is 5.02 Å². The number of aliphatic carboxylic acids is 1. The molecule has 0 spiro atoms. The van der Waals surface area contributed by atoms with Crippen molar-refractivity contribution >= 4 is 17.6 Å². The zero-order valence-corrected chi connectivity index (χ0v) is 15.5. The molecule has 0 aliphatic carbocycles. The van der Waals surface area contributed by atoms with Crippen LogP contribution in [0, 0.1) is 12.8 Å². The van der Waals surface area contributed by atoms with E-state index in [9.17, 15) is 9.90 Å². The van der Waals surface area contributed by atoms with Crippen molar-refractivity contribution in [2.24, 2.45) is 5.92 Å². The number of carbonyl (C=O) groups is 1. The van der Waals surface area contributed by atoms with E-state index in [-0.39, 0.29) is 5.92 Å². The second-order valence-electron chi connectivity index (χ2n) is 6.24. The minimum Gasteiger partial charge on any atom is -0.480 e. The molecule has 2 aromatic carbocycles. The van der Waals surface area contributed by atoms with Gasteiger partial charge in [-0.25, -0.2) is 0 Å². The van der Waals surface area contributed by atoms with Gasteiger partial charge >= 0.3 is 5.97 Å². The first-order valence-corrected chi connectivity index (χ1v) is 8.77. The van der Waals surface area contributed by atoms with Gasteiger partial charge in [0.1, 0.15) is 17.5 Å². The lowest BCUT2D eigenvalue weighted by Crippen LogP contribution is -2.41. The molecule has 2 rings (SSSR count). The van der Waals surface area contributed by atoms with Crippen LogP contribution in [-0.4, -0.2) is 17.1 Å². The van der Waals surface area contributed by atoms with Crippen molar-refractivity contribution in [3.8, 4) is 11.5 Å². The van der Waals surface area contributed by atoms with Gasteiger partial charge in [-0.3, -0.25) is 4.79 Å². The van der Waals surface area contributed by atoms with E-state index in [1.807, 2.05) is 57.2 Å². The Hall–Kier alpha value is -2.04. The van der Waals surface area contributed by atoms with Gasteiger partial charge in [0, 0.05) is 11.6 Å². The number of halogens is 1. The summed E-state index contributed by atoms with van der Waals surface area (Å²) in [5.41, 5.74) is 1.98. The van der Waals surface area contributed by atoms with Crippen molar-refractivity contribution in [3.63, 3.8) is 0 Å². The molecule has 0 bridgehead atoms. The first-order valence-electron chi connectivity index (χ1n) is 8.39. The number of carboxylic acids is 1. The van der Waals surface area contributed by atoms with E-state index in [0.29, 0.717) is 11.6 Å². The largest absolute Gasteiger partial charge is 0.480 e. The Bertz CT molecular complexity index is 715. The number of nitrogens with one attached hydrogen (secondary N) is 1. The number of rotatable bonds is 8. The highest BCUT2D eigenvalue weighted by Crippen LogP contribution is 2.27. The number of carboxylic acid groups (broad SMARTS) is 1. The standard InChI is InChI=1S/C20H24ClNO3/c1-4-13(2)19(20(23)24)22-12-15-5-8-17(9-6-15)25-18-10-7-16(21)11-14(18)3/h5-11,13,19,22H,4,12H2,1-3H3,(H,23,24)/t13-,19-/m0/s1. The molecule has 0 aliphatic rings. The lowest BCUT2D eigenvalue weighted by molar-refractivity contribution is -0.140. The minimum atomic E-state index is -0.812. The van der Waals surface area contributed by atoms with Crippen molar-refractivity contribution in [2.75, 3.05) is 0 Å². The Labute approximate surface area is 153 Å². The molecular formula is C20H24ClNO3. The summed E-state index contributed by atoms with van der Waals surface area (Å²) in [6, 6.07) is 12.6. The van der Waals surface area contributed by atoms with E-state index in [1.165, 1.54) is 0 Å². The second-order valence-corrected chi connectivity index (χ2v) is 6.67. The molecule has 0 saturated heterocycles. The van der Waals surface area contributed by atoms with Gasteiger partial charge in [-0.05, 0) is 54.3 Å². The summed E-state index contributed by atoms with van der Waals surface area (Å²) in [6.07, 6.45) is 0.817. The third-order valence-electron chi connectivity index (χ3n) is 4.29. The Morgan fingerprint density at radius 1 is 1.24 bits per heavy atom. The average molecular weight is 362 g/mol. The van der Waals surface area contributed by atoms with Gasteiger partial charge in [-0.1, -0.05) is 44.0 Å². The monoisotopic (exact) mass is 361 g/mol. The Morgan fingerprint density at radius 3 is 2.48 bits per heavy atom. The van der Waals surface area contributed by atoms with Crippen molar-refractivity contribution in [2.45, 2.75) is 39.8 Å². The predicted molar refractivity (Wildman–Crippen MR) is 100 cm³/mol. The Kier molecular flexibility index (Phi) is 6.85. The maximum absolute atomic E-state index is 11.3. The molecule has 0 unspecified atom stereocenters. The first kappa shape index (κ1) is 19.3. The Balaban J connectivity index is 1.98. The van der Waals surface area contributed by atoms with Crippen LogP contribution in [0.15, 0.2) is 42.5 Å². The van der Waals surface area contributed by atoms with Crippen LogP contribution >= 0.6 is 11.6 Å². The van der Waals surface area contributed by atoms with E-state index in [0.717, 1.165) is 29.0 Å². The SMILES string of the molecule is CC[C@H](C)[C@H](NCc1ccc(Oc2ccc(Cl)cc2C)cc1)C(=O)O. The van der Waals surface area contributed by atoms with E-state index < -0.39 is 12.0 Å². The number of ether oxygens (including phenoxy) is 1. The fourth-order valence-corrected chi connectivity index (χ4v) is 2.75. The van der Waals surface area contributed by atoms with Gasteiger partial charge in [0.25, 0.3) is 0 Å². The molecule has 25 heavy (non-hydrogen) atoms. The van der Waals surface area contributed by atoms with Crippen LogP contribution in [0.3, 0.4) is 0 Å². The molecule has 2 aromatic rings. The molecule has 4 nitrogen and oxygen atoms in total. The van der Waals surface area contributed by atoms with E-state index in [2.05, 4.69) is 5.32 Å². The van der Waals surface area contributed by atoms with Crippen LogP contribution in [0.25, 0.3) is 0 Å². The Morgan fingerprint density at radius 2 is 1.92 bits per heavy atom. The number of aryl methyl sites for hydroxylation is 1. The average Bonchev–Trinajstić information content (AvgIpc) is 2.58. The van der Waals surface area contributed by atoms with Gasteiger partial charge in [-0.15, -0.1) is 0 Å². The molecular weight excluding hydrogens is 338 g/mol. The predicted octanol–water partition coefficient (Wildman–Crippen LogP) is 5.03. The molecule has 0 fully saturated rings. The summed E-state index contributed by atoms with van der Waals surface area (Å²) in [5, 5.41) is 13.1. The molecule has 0 aromatic heterocycles. The summed E-state index contributed by atoms with van der Waals surface area (Å²) >= 11 is 5.95. The number of hydrogen-bond donors (Lipinski definition) is 2. The minimum absolute atomic E-state index is 0.0768. The lowest BCUT2D eigenvalue weighted by atomic mass is 9.99. The molecule has 2 N–H and O–H groups in total. The lowest BCUT2D eigenvalue weighted by Gasteiger charge is -2.20. The summed E-state index contributed by atoms with van der Waals surface area (Å²) in [7, 11) is 0. The summed E-state index contributed by atoms with van der Waals surface area (Å²) in [6.45, 7) is 6.38. The van der Waals surface area contributed by atoms with Gasteiger partial charge in [0.05, 0.1) is 0 Å². The summed E-state index contributed by atoms with van der Waals surface area (Å²) in [5.74, 6) is 0.754. The zero-order chi connectivity index (χ0) is 18.4. The van der Waals surface area contributed by atoms with Crippen LogP contribution in [-0.2, 0) is 11.3 Å². The van der Waals surface area contributed by atoms with Crippen molar-refractivity contribution in [1.29, 1.82) is 0 Å². The van der Waals surface area contributed by atoms with E-state index in [4.69, 9.17) is 16.3 Å². The van der Waals surface area contributed by atoms with E-state index >= 15 is 0 Å². The normalized spacial score (nSPS) is 13.3. The van der Waals surface area contributed by atoms with E-state index in [1.54, 1.807) is 6.07 Å². The second kappa shape index (κ2) is 8.88. The third kappa shape index (κ3) is 5.48. The van der Waals surface area contributed by atoms with Gasteiger partial charge in [0.2, 0.25) is 0 Å². The van der Waals surface area contributed by atoms with Crippen LogP contribution in [0.5, 0.6) is 11.5 Å². The van der Waals surface area contributed by atoms with Crippen molar-refractivity contribution in [1.82, 2.24) is 5.32 Å². The van der Waals surface area contributed by atoms with Crippen LogP contribution in [0.1, 0.15) is 31.4 Å². The number of hydrogen-bond acceptors (Lipinski definition) is 3. The van der Waals surface area contributed by atoms with Gasteiger partial charge in [-0.2, -0.15) is 0 Å². The summed E-state index contributed by atoms with van der Waals surface area (Å²) in [4.78, 5) is 11.3. The van der Waals surface area contributed by atoms with Crippen LogP contribution < -0.4 is 10.1 Å². The first-order chi connectivity index (χ1) is 11.9. The third-order valence-corrected chi connectivity index (χ3v) is 4.53. The molecule has 0 heterocycles. The maximum Gasteiger partial charge on any atom is 0.320 e. The molecule has 0 amide bonds. The molecule has 0 aliphatic heterocycles. The highest BCUT2D eigenvalue weighted by Gasteiger charge is 2.22. The molecule has 2 atom stereocenters. The fourth-order valence-electron chi connectivity index (χ4n) is 2.53. The van der Waals surface area contributed by atoms with Gasteiger partial charge in [0.15, 0.2) is 0 Å². The van der Waals surface area contributed by atoms with Gasteiger partial charge < -0.3 is 15.2 Å². The highest BCUT2D eigenvalue weighted by molar-refractivity contribution is 6.30. The molecule has 5 heteroatoms. The van der Waals surface area contributed by atoms with Crippen molar-refractivity contribution < 1.29 is 14.6 Å². The topological polar surface area (TPSA) is 58.6 Å². The summed E-state index contributed by atoms with van der Waals surface area (Å²) < 4.78 is 5.87. The smallest absolute Gasteiger partial charge is 0.320 e. The van der Waals surface area contributed by atoms with Crippen LogP contribution in [0.4, 0.5) is 0 Å². The molecule has 0 saturated carbocycles. The molecule has 0 radical (unpaired) electrons. The fraction of sp³-hybridized carbons (Fsp3) is 0.350. The number of benzene rings is 2.